The van der Waals surface area contributed by atoms with E-state index in [1.807, 2.05) is 0 Å². The lowest BCUT2D eigenvalue weighted by Gasteiger charge is -2.32. The molecule has 1 rings (SSSR count). The van der Waals surface area contributed by atoms with Gasteiger partial charge in [0.25, 0.3) is 0 Å². The molecule has 0 aromatic rings. The first-order valence-electron chi connectivity index (χ1n) is 5.63. The summed E-state index contributed by atoms with van der Waals surface area (Å²) in [6, 6.07) is 3.33. The molecule has 80 valence electrons. The van der Waals surface area contributed by atoms with Gasteiger partial charge in [-0.05, 0) is 32.9 Å². The summed E-state index contributed by atoms with van der Waals surface area (Å²) in [5, 5.41) is 12.1. The quantitative estimate of drug-likeness (QED) is 0.720. The molecule has 0 aromatic heterocycles. The molecule has 1 saturated heterocycles. The molecule has 0 spiro atoms. The first kappa shape index (κ1) is 11.5. The van der Waals surface area contributed by atoms with E-state index in [-0.39, 0.29) is 0 Å². The average molecular weight is 195 g/mol. The van der Waals surface area contributed by atoms with Crippen molar-refractivity contribution in [1.82, 2.24) is 10.2 Å². The second-order valence-electron chi connectivity index (χ2n) is 4.10. The van der Waals surface area contributed by atoms with E-state index < -0.39 is 0 Å². The summed E-state index contributed by atoms with van der Waals surface area (Å²) in [6.07, 6.45) is 3.05. The molecule has 14 heavy (non-hydrogen) atoms. The fourth-order valence-corrected chi connectivity index (χ4v) is 2.19. The third-order valence-electron chi connectivity index (χ3n) is 2.94. The number of hydrogen-bond acceptors (Lipinski definition) is 3. The highest BCUT2D eigenvalue weighted by molar-refractivity contribution is 4.87. The number of nitrogens with zero attached hydrogens (tertiary/aromatic N) is 2. The molecule has 1 heterocycles. The molecule has 1 aliphatic rings. The highest BCUT2D eigenvalue weighted by Gasteiger charge is 2.25. The summed E-state index contributed by atoms with van der Waals surface area (Å²) < 4.78 is 0. The van der Waals surface area contributed by atoms with E-state index in [2.05, 4.69) is 30.1 Å². The van der Waals surface area contributed by atoms with Gasteiger partial charge in [0.1, 0.15) is 0 Å². The second kappa shape index (κ2) is 6.00. The normalized spacial score (nSPS) is 23.7. The second-order valence-corrected chi connectivity index (χ2v) is 4.10. The lowest BCUT2D eigenvalue weighted by Crippen LogP contribution is -2.43. The summed E-state index contributed by atoms with van der Waals surface area (Å²) in [7, 11) is 0. The van der Waals surface area contributed by atoms with Crippen molar-refractivity contribution in [2.75, 3.05) is 19.6 Å². The molecule has 2 atom stereocenters. The number of nitriles is 1. The molecule has 1 aliphatic heterocycles. The lowest BCUT2D eigenvalue weighted by molar-refractivity contribution is 0.155. The minimum atomic E-state index is 0.407. The van der Waals surface area contributed by atoms with Crippen molar-refractivity contribution >= 4 is 0 Å². The minimum Gasteiger partial charge on any atom is -0.315 e. The van der Waals surface area contributed by atoms with Gasteiger partial charge in [-0.25, -0.2) is 0 Å². The zero-order chi connectivity index (χ0) is 10.4. The maximum absolute atomic E-state index is 8.70. The standard InChI is InChI=1S/C11H21N3/c1-3-8-14(10(2)4-6-12)11-5-7-13-9-11/h10-11,13H,3-5,7-9H2,1-2H3. The minimum absolute atomic E-state index is 0.407. The molecular formula is C11H21N3. The fourth-order valence-electron chi connectivity index (χ4n) is 2.19. The predicted octanol–water partition coefficient (Wildman–Crippen LogP) is 1.36. The van der Waals surface area contributed by atoms with Crippen LogP contribution in [0.2, 0.25) is 0 Å². The van der Waals surface area contributed by atoms with Crippen molar-refractivity contribution in [1.29, 1.82) is 5.26 Å². The van der Waals surface area contributed by atoms with Gasteiger partial charge in [0.05, 0.1) is 12.5 Å². The third kappa shape index (κ3) is 2.97. The van der Waals surface area contributed by atoms with Crippen LogP contribution in [0.3, 0.4) is 0 Å². The van der Waals surface area contributed by atoms with Crippen molar-refractivity contribution < 1.29 is 0 Å². The molecule has 3 heteroatoms. The zero-order valence-electron chi connectivity index (χ0n) is 9.29. The predicted molar refractivity (Wildman–Crippen MR) is 58.0 cm³/mol. The molecular weight excluding hydrogens is 174 g/mol. The van der Waals surface area contributed by atoms with Crippen LogP contribution in [0, 0.1) is 11.3 Å². The van der Waals surface area contributed by atoms with Gasteiger partial charge in [-0.3, -0.25) is 4.90 Å². The van der Waals surface area contributed by atoms with Crippen LogP contribution in [0.5, 0.6) is 0 Å². The number of rotatable bonds is 5. The van der Waals surface area contributed by atoms with E-state index >= 15 is 0 Å². The Labute approximate surface area is 87.1 Å². The van der Waals surface area contributed by atoms with Gasteiger partial charge in [-0.15, -0.1) is 0 Å². The monoisotopic (exact) mass is 195 g/mol. The summed E-state index contributed by atoms with van der Waals surface area (Å²) in [6.45, 7) is 7.71. The van der Waals surface area contributed by atoms with Crippen LogP contribution in [0.4, 0.5) is 0 Å². The van der Waals surface area contributed by atoms with E-state index in [0.29, 0.717) is 18.5 Å². The van der Waals surface area contributed by atoms with E-state index in [4.69, 9.17) is 5.26 Å². The van der Waals surface area contributed by atoms with Gasteiger partial charge >= 0.3 is 0 Å². The zero-order valence-corrected chi connectivity index (χ0v) is 9.29. The van der Waals surface area contributed by atoms with Gasteiger partial charge < -0.3 is 5.32 Å². The van der Waals surface area contributed by atoms with Crippen molar-refractivity contribution in [2.24, 2.45) is 0 Å². The number of hydrogen-bond donors (Lipinski definition) is 1. The Hall–Kier alpha value is -0.590. The van der Waals surface area contributed by atoms with E-state index in [1.165, 1.54) is 12.8 Å². The van der Waals surface area contributed by atoms with Crippen LogP contribution in [0.15, 0.2) is 0 Å². The van der Waals surface area contributed by atoms with Crippen LogP contribution >= 0.6 is 0 Å². The van der Waals surface area contributed by atoms with Gasteiger partial charge in [0, 0.05) is 18.6 Å². The van der Waals surface area contributed by atoms with Crippen LogP contribution in [0.1, 0.15) is 33.1 Å². The molecule has 1 N–H and O–H groups in total. The Balaban J connectivity index is 2.48. The van der Waals surface area contributed by atoms with Crippen LogP contribution in [0.25, 0.3) is 0 Å². The Kier molecular flexibility index (Phi) is 4.92. The van der Waals surface area contributed by atoms with Crippen LogP contribution < -0.4 is 5.32 Å². The average Bonchev–Trinajstić information content (AvgIpc) is 2.67. The Morgan fingerprint density at radius 1 is 1.64 bits per heavy atom. The van der Waals surface area contributed by atoms with Gasteiger partial charge in [-0.2, -0.15) is 5.26 Å². The maximum Gasteiger partial charge on any atom is 0.0638 e. The highest BCUT2D eigenvalue weighted by Crippen LogP contribution is 2.14. The van der Waals surface area contributed by atoms with Crippen molar-refractivity contribution in [3.63, 3.8) is 0 Å². The van der Waals surface area contributed by atoms with Gasteiger partial charge in [-0.1, -0.05) is 6.92 Å². The molecule has 0 saturated carbocycles. The fraction of sp³-hybridized carbons (Fsp3) is 0.909. The molecule has 0 aromatic carbocycles. The first-order chi connectivity index (χ1) is 6.79. The van der Waals surface area contributed by atoms with E-state index in [9.17, 15) is 0 Å². The summed E-state index contributed by atoms with van der Waals surface area (Å²) in [5.41, 5.74) is 0. The van der Waals surface area contributed by atoms with E-state index in [0.717, 1.165) is 19.6 Å². The topological polar surface area (TPSA) is 39.1 Å². The summed E-state index contributed by atoms with van der Waals surface area (Å²) >= 11 is 0. The summed E-state index contributed by atoms with van der Waals surface area (Å²) in [4.78, 5) is 2.49. The van der Waals surface area contributed by atoms with Crippen LogP contribution in [-0.2, 0) is 0 Å². The van der Waals surface area contributed by atoms with Gasteiger partial charge in [0.15, 0.2) is 0 Å². The Morgan fingerprint density at radius 3 is 2.93 bits per heavy atom. The maximum atomic E-state index is 8.70. The van der Waals surface area contributed by atoms with Crippen molar-refractivity contribution in [3.8, 4) is 6.07 Å². The largest absolute Gasteiger partial charge is 0.315 e. The Bertz CT molecular complexity index is 191. The smallest absolute Gasteiger partial charge is 0.0638 e. The molecule has 0 radical (unpaired) electrons. The molecule has 0 amide bonds. The Morgan fingerprint density at radius 2 is 2.43 bits per heavy atom. The molecule has 0 aliphatic carbocycles. The van der Waals surface area contributed by atoms with Gasteiger partial charge in [0.2, 0.25) is 0 Å². The number of nitrogens with one attached hydrogen (secondary N) is 1. The van der Waals surface area contributed by atoms with Crippen molar-refractivity contribution in [2.45, 2.75) is 45.2 Å². The third-order valence-corrected chi connectivity index (χ3v) is 2.94. The SMILES string of the molecule is CCCN(C(C)CC#N)C1CCNC1. The lowest BCUT2D eigenvalue weighted by atomic mass is 10.1. The molecule has 1 fully saturated rings. The highest BCUT2D eigenvalue weighted by atomic mass is 15.2. The molecule has 3 nitrogen and oxygen atoms in total. The molecule has 2 unspecified atom stereocenters. The molecule has 0 bridgehead atoms. The summed E-state index contributed by atoms with van der Waals surface area (Å²) in [5.74, 6) is 0. The van der Waals surface area contributed by atoms with E-state index in [1.54, 1.807) is 0 Å². The van der Waals surface area contributed by atoms with Crippen LogP contribution in [-0.4, -0.2) is 36.6 Å². The first-order valence-corrected chi connectivity index (χ1v) is 5.63. The van der Waals surface area contributed by atoms with Crippen molar-refractivity contribution in [3.05, 3.63) is 0 Å².